The molecule has 0 bridgehead atoms. The Morgan fingerprint density at radius 3 is 1.85 bits per heavy atom. The van der Waals surface area contributed by atoms with E-state index in [0.717, 1.165) is 47.1 Å². The van der Waals surface area contributed by atoms with E-state index in [1.165, 1.54) is 19.3 Å². The fourth-order valence-electron chi connectivity index (χ4n) is 3.41. The number of hydrogen-bond donors (Lipinski definition) is 2. The predicted molar refractivity (Wildman–Crippen MR) is 155 cm³/mol. The second kappa shape index (κ2) is 18.0. The molecule has 6 nitrogen and oxygen atoms in total. The van der Waals surface area contributed by atoms with Crippen molar-refractivity contribution in [1.82, 2.24) is 0 Å². The van der Waals surface area contributed by atoms with Crippen LogP contribution in [0, 0.1) is 0 Å². The van der Waals surface area contributed by atoms with E-state index >= 15 is 0 Å². The summed E-state index contributed by atoms with van der Waals surface area (Å²) in [4.78, 5) is 20.9. The van der Waals surface area contributed by atoms with Gasteiger partial charge in [0, 0.05) is 11.6 Å². The first-order valence-corrected chi connectivity index (χ1v) is 13.2. The average Bonchev–Trinajstić information content (AvgIpc) is 2.95. The van der Waals surface area contributed by atoms with Crippen LogP contribution < -0.4 is 9.47 Å². The summed E-state index contributed by atoms with van der Waals surface area (Å²) in [5.74, 6) is -0.221. The Labute approximate surface area is 231 Å². The van der Waals surface area contributed by atoms with Crippen LogP contribution in [0.2, 0.25) is 0 Å². The number of benzene rings is 3. The molecule has 0 fully saturated rings. The predicted octanol–water partition coefficient (Wildman–Crippen LogP) is 7.93. The van der Waals surface area contributed by atoms with Crippen molar-refractivity contribution < 1.29 is 29.3 Å². The van der Waals surface area contributed by atoms with Gasteiger partial charge in [0.05, 0.1) is 0 Å². The fraction of sp³-hybridized carbons (Fsp3) is 0.273. The maximum atomic E-state index is 10.5. The van der Waals surface area contributed by atoms with Gasteiger partial charge in [-0.25, -0.2) is 9.59 Å². The van der Waals surface area contributed by atoms with E-state index in [4.69, 9.17) is 19.7 Å². The third kappa shape index (κ3) is 13.7. The lowest BCUT2D eigenvalue weighted by atomic mass is 10.1. The molecular formula is C33H38O6. The van der Waals surface area contributed by atoms with Crippen molar-refractivity contribution in [1.29, 1.82) is 0 Å². The van der Waals surface area contributed by atoms with Crippen molar-refractivity contribution in [3.05, 3.63) is 113 Å². The van der Waals surface area contributed by atoms with Crippen LogP contribution in [0.15, 0.2) is 96.6 Å². The molecule has 0 aliphatic rings. The summed E-state index contributed by atoms with van der Waals surface area (Å²) in [6.07, 6.45) is 10.1. The number of allylic oxidation sites excluding steroid dienone is 1. The molecular weight excluding hydrogens is 492 g/mol. The summed E-state index contributed by atoms with van der Waals surface area (Å²) in [7, 11) is 0. The van der Waals surface area contributed by atoms with Gasteiger partial charge in [0.15, 0.2) is 0 Å². The van der Waals surface area contributed by atoms with Crippen LogP contribution in [0.3, 0.4) is 0 Å². The maximum absolute atomic E-state index is 10.5. The molecule has 0 amide bonds. The molecule has 0 radical (unpaired) electrons. The largest absolute Gasteiger partial charge is 0.489 e. The zero-order valence-corrected chi connectivity index (χ0v) is 22.7. The number of hydrogen-bond acceptors (Lipinski definition) is 4. The molecule has 0 aliphatic carbocycles. The highest BCUT2D eigenvalue weighted by Gasteiger charge is 2.00. The van der Waals surface area contributed by atoms with Gasteiger partial charge in [-0.15, -0.1) is 0 Å². The van der Waals surface area contributed by atoms with Crippen molar-refractivity contribution in [3.8, 4) is 11.5 Å². The molecule has 0 heterocycles. The van der Waals surface area contributed by atoms with Gasteiger partial charge in [0.25, 0.3) is 0 Å². The number of unbranched alkanes of at least 4 members (excludes halogenated alkanes) is 4. The maximum Gasteiger partial charge on any atom is 0.330 e. The first-order chi connectivity index (χ1) is 18.9. The first-order valence-electron chi connectivity index (χ1n) is 13.2. The third-order valence-electron chi connectivity index (χ3n) is 5.72. The Balaban J connectivity index is 0.000000377. The van der Waals surface area contributed by atoms with Crippen molar-refractivity contribution in [2.45, 2.75) is 59.2 Å². The normalized spacial score (nSPS) is 11.0. The number of ether oxygens (including phenoxy) is 2. The van der Waals surface area contributed by atoms with E-state index in [9.17, 15) is 9.59 Å². The molecule has 0 spiro atoms. The minimum Gasteiger partial charge on any atom is -0.489 e. The molecule has 6 heteroatoms. The molecule has 39 heavy (non-hydrogen) atoms. The minimum atomic E-state index is -0.966. The van der Waals surface area contributed by atoms with Crippen molar-refractivity contribution in [2.24, 2.45) is 0 Å². The molecule has 0 aliphatic heterocycles. The quantitative estimate of drug-likeness (QED) is 0.162. The van der Waals surface area contributed by atoms with Gasteiger partial charge >= 0.3 is 11.9 Å². The number of carbonyl (C=O) groups is 2. The Morgan fingerprint density at radius 1 is 0.744 bits per heavy atom. The lowest BCUT2D eigenvalue weighted by molar-refractivity contribution is -0.133. The van der Waals surface area contributed by atoms with Crippen molar-refractivity contribution in [3.63, 3.8) is 0 Å². The summed E-state index contributed by atoms with van der Waals surface area (Å²) in [5, 5.41) is 17.1. The van der Waals surface area contributed by atoms with Crippen LogP contribution in [0.1, 0.15) is 62.6 Å². The highest BCUT2D eigenvalue weighted by atomic mass is 16.5. The second-order valence-corrected chi connectivity index (χ2v) is 8.99. The standard InChI is InChI=1S/C23H20O4.C10H18O2/c24-23(25)15-10-18-6-11-21(12-7-18)27-17-20-8-13-22(14-9-20)26-16-19-4-2-1-3-5-19;1-3-4-5-6-7-8-9(2)10(11)12/h1-15H,16-17H2,(H,24,25);8H,3-7H2,1-2H3,(H,11,12). The Hall–Kier alpha value is -4.32. The topological polar surface area (TPSA) is 93.1 Å². The van der Waals surface area contributed by atoms with Crippen molar-refractivity contribution in [2.75, 3.05) is 0 Å². The summed E-state index contributed by atoms with van der Waals surface area (Å²) < 4.78 is 11.5. The number of aliphatic carboxylic acids is 2. The summed E-state index contributed by atoms with van der Waals surface area (Å²) in [6, 6.07) is 25.1. The molecule has 3 rings (SSSR count). The van der Waals surface area contributed by atoms with Crippen LogP contribution in [-0.2, 0) is 22.8 Å². The van der Waals surface area contributed by atoms with Crippen LogP contribution in [0.4, 0.5) is 0 Å². The van der Waals surface area contributed by atoms with Crippen LogP contribution in [0.25, 0.3) is 6.08 Å². The monoisotopic (exact) mass is 530 g/mol. The van der Waals surface area contributed by atoms with Crippen LogP contribution >= 0.6 is 0 Å². The summed E-state index contributed by atoms with van der Waals surface area (Å²) in [6.45, 7) is 4.79. The second-order valence-electron chi connectivity index (χ2n) is 8.99. The molecule has 0 saturated carbocycles. The molecule has 0 unspecified atom stereocenters. The van der Waals surface area contributed by atoms with Gasteiger partial charge in [-0.05, 0) is 66.8 Å². The molecule has 2 N–H and O–H groups in total. The van der Waals surface area contributed by atoms with Crippen molar-refractivity contribution >= 4 is 18.0 Å². The number of carboxylic acid groups (broad SMARTS) is 2. The molecule has 3 aromatic carbocycles. The number of carboxylic acids is 2. The van der Waals surface area contributed by atoms with Crippen LogP contribution in [0.5, 0.6) is 11.5 Å². The fourth-order valence-corrected chi connectivity index (χ4v) is 3.41. The minimum absolute atomic E-state index is 0.448. The molecule has 0 atom stereocenters. The van der Waals surface area contributed by atoms with Gasteiger partial charge < -0.3 is 19.7 Å². The highest BCUT2D eigenvalue weighted by molar-refractivity contribution is 5.85. The Morgan fingerprint density at radius 2 is 1.31 bits per heavy atom. The smallest absolute Gasteiger partial charge is 0.330 e. The SMILES string of the molecule is CCCCCCC=C(C)C(=O)O.O=C(O)C=Cc1ccc(OCc2ccc(OCc3ccccc3)cc2)cc1. The zero-order valence-electron chi connectivity index (χ0n) is 22.7. The first kappa shape index (κ1) is 30.9. The van der Waals surface area contributed by atoms with Gasteiger partial charge in [-0.2, -0.15) is 0 Å². The van der Waals surface area contributed by atoms with E-state index in [1.54, 1.807) is 19.1 Å². The summed E-state index contributed by atoms with van der Waals surface area (Å²) >= 11 is 0. The Kier molecular flexibility index (Phi) is 14.3. The van der Waals surface area contributed by atoms with Gasteiger partial charge in [-0.3, -0.25) is 0 Å². The Bertz CT molecular complexity index is 1180. The third-order valence-corrected chi connectivity index (χ3v) is 5.72. The van der Waals surface area contributed by atoms with E-state index < -0.39 is 11.9 Å². The van der Waals surface area contributed by atoms with E-state index in [2.05, 4.69) is 6.92 Å². The molecule has 0 saturated heterocycles. The molecule has 206 valence electrons. The van der Waals surface area contributed by atoms with E-state index in [0.29, 0.717) is 18.8 Å². The van der Waals surface area contributed by atoms with Gasteiger partial charge in [-0.1, -0.05) is 86.9 Å². The van der Waals surface area contributed by atoms with E-state index in [-0.39, 0.29) is 0 Å². The van der Waals surface area contributed by atoms with E-state index in [1.807, 2.05) is 78.9 Å². The summed E-state index contributed by atoms with van der Waals surface area (Å²) in [5.41, 5.74) is 3.44. The average molecular weight is 531 g/mol. The van der Waals surface area contributed by atoms with Crippen LogP contribution in [-0.4, -0.2) is 22.2 Å². The van der Waals surface area contributed by atoms with Gasteiger partial charge in [0.1, 0.15) is 24.7 Å². The van der Waals surface area contributed by atoms with Gasteiger partial charge in [0.2, 0.25) is 0 Å². The number of rotatable bonds is 14. The lowest BCUT2D eigenvalue weighted by Gasteiger charge is -2.09. The highest BCUT2D eigenvalue weighted by Crippen LogP contribution is 2.18. The lowest BCUT2D eigenvalue weighted by Crippen LogP contribution is -1.97. The molecule has 3 aromatic rings. The zero-order chi connectivity index (χ0) is 28.3. The molecule has 0 aromatic heterocycles.